The van der Waals surface area contributed by atoms with E-state index in [1.54, 1.807) is 12.1 Å². The van der Waals surface area contributed by atoms with E-state index >= 15 is 0 Å². The number of ether oxygens (including phenoxy) is 2. The van der Waals surface area contributed by atoms with Gasteiger partial charge in [0.25, 0.3) is 0 Å². The molecule has 0 spiro atoms. The maximum Gasteiger partial charge on any atom is 0.343 e. The molecule has 0 bridgehead atoms. The number of nitrogens with one attached hydrogen (secondary N) is 1. The third kappa shape index (κ3) is 3.39. The number of esters is 1. The molecule has 0 amide bonds. The number of aliphatic hydroxyl groups excluding tert-OH is 1. The van der Waals surface area contributed by atoms with Crippen LogP contribution in [-0.2, 0) is 4.74 Å². The largest absolute Gasteiger partial charge is 0.480 e. The smallest absolute Gasteiger partial charge is 0.343 e. The molecule has 1 heterocycles. The van der Waals surface area contributed by atoms with Gasteiger partial charge in [-0.15, -0.1) is 0 Å². The minimum Gasteiger partial charge on any atom is -0.480 e. The maximum absolute atomic E-state index is 11.5. The highest BCUT2D eigenvalue weighted by atomic mass is 16.5. The number of aromatic nitrogens is 1. The zero-order valence-electron chi connectivity index (χ0n) is 11.8. The van der Waals surface area contributed by atoms with Crippen molar-refractivity contribution in [1.29, 1.82) is 0 Å². The van der Waals surface area contributed by atoms with Crippen LogP contribution in [0.25, 0.3) is 0 Å². The van der Waals surface area contributed by atoms with Crippen molar-refractivity contribution in [3.63, 3.8) is 0 Å². The van der Waals surface area contributed by atoms with Crippen LogP contribution in [0.2, 0.25) is 0 Å². The molecule has 2 atom stereocenters. The minimum absolute atomic E-state index is 0.175. The Morgan fingerprint density at radius 3 is 2.85 bits per heavy atom. The lowest BCUT2D eigenvalue weighted by Gasteiger charge is -2.13. The van der Waals surface area contributed by atoms with Crippen LogP contribution in [0.1, 0.15) is 29.6 Å². The van der Waals surface area contributed by atoms with Gasteiger partial charge in [-0.1, -0.05) is 0 Å². The first-order valence-electron chi connectivity index (χ1n) is 6.69. The molecular formula is C14H20N2O4. The maximum atomic E-state index is 11.5. The second kappa shape index (κ2) is 6.56. The van der Waals surface area contributed by atoms with Crippen molar-refractivity contribution in [2.45, 2.75) is 25.4 Å². The van der Waals surface area contributed by atoms with Crippen LogP contribution in [0.3, 0.4) is 0 Å². The zero-order valence-corrected chi connectivity index (χ0v) is 11.8. The van der Waals surface area contributed by atoms with Crippen molar-refractivity contribution >= 4 is 11.8 Å². The van der Waals surface area contributed by atoms with Crippen molar-refractivity contribution in [1.82, 2.24) is 4.98 Å². The first-order chi connectivity index (χ1) is 9.63. The predicted octanol–water partition coefficient (Wildman–Crippen LogP) is 1.45. The summed E-state index contributed by atoms with van der Waals surface area (Å²) in [5.41, 5.74) is 0.303. The molecule has 110 valence electrons. The molecule has 0 aliphatic heterocycles. The first-order valence-corrected chi connectivity index (χ1v) is 6.69. The summed E-state index contributed by atoms with van der Waals surface area (Å²) in [5, 5.41) is 12.7. The standard InChI is InChI=1S/C14H20N2O4/c1-19-13-11(14(18)20-2)5-6-12(16-13)15-8-9-3-4-10(17)7-9/h5-6,9-10,17H,3-4,7-8H2,1-2H3,(H,15,16). The highest BCUT2D eigenvalue weighted by molar-refractivity contribution is 5.92. The molecule has 1 aliphatic rings. The van der Waals surface area contributed by atoms with Gasteiger partial charge in [-0.3, -0.25) is 0 Å². The zero-order chi connectivity index (χ0) is 14.5. The van der Waals surface area contributed by atoms with Crippen LogP contribution in [0, 0.1) is 5.92 Å². The number of hydrogen-bond acceptors (Lipinski definition) is 6. The summed E-state index contributed by atoms with van der Waals surface area (Å²) in [6.45, 7) is 0.755. The van der Waals surface area contributed by atoms with Crippen molar-refractivity contribution < 1.29 is 19.4 Å². The topological polar surface area (TPSA) is 80.7 Å². The third-order valence-corrected chi connectivity index (χ3v) is 3.54. The lowest BCUT2D eigenvalue weighted by molar-refractivity contribution is 0.0596. The first kappa shape index (κ1) is 14.6. The SMILES string of the molecule is COC(=O)c1ccc(NCC2CCC(O)C2)nc1OC. The van der Waals surface area contributed by atoms with Gasteiger partial charge in [0, 0.05) is 6.54 Å². The minimum atomic E-state index is -0.472. The monoisotopic (exact) mass is 280 g/mol. The van der Waals surface area contributed by atoms with Gasteiger partial charge in [0.15, 0.2) is 0 Å². The molecule has 1 fully saturated rings. The number of nitrogens with zero attached hydrogens (tertiary/aromatic N) is 1. The molecule has 2 unspecified atom stereocenters. The Morgan fingerprint density at radius 2 is 2.25 bits per heavy atom. The summed E-state index contributed by atoms with van der Waals surface area (Å²) in [4.78, 5) is 15.8. The van der Waals surface area contributed by atoms with E-state index in [-0.39, 0.29) is 12.0 Å². The van der Waals surface area contributed by atoms with Gasteiger partial charge < -0.3 is 19.9 Å². The number of methoxy groups -OCH3 is 2. The second-order valence-corrected chi connectivity index (χ2v) is 4.96. The highest BCUT2D eigenvalue weighted by Crippen LogP contribution is 2.26. The molecule has 1 aliphatic carbocycles. The number of anilines is 1. The number of aliphatic hydroxyl groups is 1. The van der Waals surface area contributed by atoms with Gasteiger partial charge in [0.1, 0.15) is 11.4 Å². The van der Waals surface area contributed by atoms with Gasteiger partial charge in [-0.2, -0.15) is 4.98 Å². The Kier molecular flexibility index (Phi) is 4.79. The number of carbonyl (C=O) groups is 1. The normalized spacial score (nSPS) is 21.6. The summed E-state index contributed by atoms with van der Waals surface area (Å²) >= 11 is 0. The van der Waals surface area contributed by atoms with E-state index in [2.05, 4.69) is 15.0 Å². The molecule has 1 aromatic rings. The van der Waals surface area contributed by atoms with E-state index in [0.29, 0.717) is 17.3 Å². The number of hydrogen-bond donors (Lipinski definition) is 2. The van der Waals surface area contributed by atoms with Gasteiger partial charge in [0.05, 0.1) is 20.3 Å². The van der Waals surface area contributed by atoms with Crippen LogP contribution in [0.15, 0.2) is 12.1 Å². The van der Waals surface area contributed by atoms with Crippen LogP contribution in [0.5, 0.6) is 5.88 Å². The van der Waals surface area contributed by atoms with Crippen LogP contribution in [0.4, 0.5) is 5.82 Å². The van der Waals surface area contributed by atoms with Crippen molar-refractivity contribution in [2.75, 3.05) is 26.1 Å². The van der Waals surface area contributed by atoms with E-state index < -0.39 is 5.97 Å². The molecule has 6 nitrogen and oxygen atoms in total. The summed E-state index contributed by atoms with van der Waals surface area (Å²) in [6, 6.07) is 3.35. The average Bonchev–Trinajstić information content (AvgIpc) is 2.89. The summed E-state index contributed by atoms with van der Waals surface area (Å²) < 4.78 is 9.77. The fourth-order valence-electron chi connectivity index (χ4n) is 2.44. The quantitative estimate of drug-likeness (QED) is 0.795. The molecule has 2 rings (SSSR count). The number of pyridine rings is 1. The molecule has 6 heteroatoms. The van der Waals surface area contributed by atoms with E-state index in [4.69, 9.17) is 4.74 Å². The van der Waals surface area contributed by atoms with Gasteiger partial charge in [0.2, 0.25) is 5.88 Å². The van der Waals surface area contributed by atoms with Gasteiger partial charge in [-0.05, 0) is 37.3 Å². The lowest BCUT2D eigenvalue weighted by atomic mass is 10.1. The Bertz CT molecular complexity index is 478. The van der Waals surface area contributed by atoms with Gasteiger partial charge >= 0.3 is 5.97 Å². The Labute approximate surface area is 118 Å². The predicted molar refractivity (Wildman–Crippen MR) is 74.0 cm³/mol. The summed E-state index contributed by atoms with van der Waals surface area (Å²) in [7, 11) is 2.78. The van der Waals surface area contributed by atoms with Crippen LogP contribution < -0.4 is 10.1 Å². The van der Waals surface area contributed by atoms with E-state index in [9.17, 15) is 9.90 Å². The highest BCUT2D eigenvalue weighted by Gasteiger charge is 2.22. The average molecular weight is 280 g/mol. The Morgan fingerprint density at radius 1 is 1.45 bits per heavy atom. The van der Waals surface area contributed by atoms with E-state index in [0.717, 1.165) is 25.8 Å². The molecule has 1 aromatic heterocycles. The number of carbonyl (C=O) groups excluding carboxylic acids is 1. The molecule has 2 N–H and O–H groups in total. The third-order valence-electron chi connectivity index (χ3n) is 3.54. The van der Waals surface area contributed by atoms with Crippen molar-refractivity contribution in [3.05, 3.63) is 17.7 Å². The molecule has 0 saturated heterocycles. The molecule has 1 saturated carbocycles. The fraction of sp³-hybridized carbons (Fsp3) is 0.571. The molecule has 20 heavy (non-hydrogen) atoms. The Balaban J connectivity index is 2.00. The summed E-state index contributed by atoms with van der Waals surface area (Å²) in [5.74, 6) is 0.877. The Hall–Kier alpha value is -1.82. The fourth-order valence-corrected chi connectivity index (χ4v) is 2.44. The van der Waals surface area contributed by atoms with Gasteiger partial charge in [-0.25, -0.2) is 4.79 Å². The van der Waals surface area contributed by atoms with Crippen LogP contribution in [-0.4, -0.2) is 42.9 Å². The second-order valence-electron chi connectivity index (χ2n) is 4.96. The van der Waals surface area contributed by atoms with Crippen molar-refractivity contribution in [2.24, 2.45) is 5.92 Å². The van der Waals surface area contributed by atoms with Crippen molar-refractivity contribution in [3.8, 4) is 5.88 Å². The molecule has 0 aromatic carbocycles. The summed E-state index contributed by atoms with van der Waals surface area (Å²) in [6.07, 6.45) is 2.53. The molecular weight excluding hydrogens is 260 g/mol. The lowest BCUT2D eigenvalue weighted by Crippen LogP contribution is -2.14. The van der Waals surface area contributed by atoms with E-state index in [1.165, 1.54) is 14.2 Å². The van der Waals surface area contributed by atoms with E-state index in [1.807, 2.05) is 0 Å². The molecule has 0 radical (unpaired) electrons. The number of rotatable bonds is 5. The van der Waals surface area contributed by atoms with Crippen LogP contribution >= 0.6 is 0 Å².